The first-order chi connectivity index (χ1) is 9.02. The minimum atomic E-state index is -0.543. The van der Waals surface area contributed by atoms with E-state index in [1.54, 1.807) is 12.1 Å². The van der Waals surface area contributed by atoms with Crippen LogP contribution in [0.25, 0.3) is 0 Å². The van der Waals surface area contributed by atoms with E-state index in [1.807, 2.05) is 12.1 Å². The van der Waals surface area contributed by atoms with Crippen molar-refractivity contribution in [2.75, 3.05) is 7.11 Å². The monoisotopic (exact) mass is 434 g/mol. The molecule has 2 aromatic carbocycles. The molecule has 0 aliphatic heterocycles. The summed E-state index contributed by atoms with van der Waals surface area (Å²) < 4.78 is 20.1. The van der Waals surface area contributed by atoms with Crippen LogP contribution in [0.5, 0.6) is 5.75 Å². The van der Waals surface area contributed by atoms with Crippen LogP contribution in [0.15, 0.2) is 40.9 Å². The van der Waals surface area contributed by atoms with Gasteiger partial charge in [0.05, 0.1) is 7.11 Å². The number of hydrogen-bond donors (Lipinski definition) is 0. The molecule has 0 atom stereocenters. The number of hydrogen-bond acceptors (Lipinski definition) is 2. The maximum absolute atomic E-state index is 13.6. The summed E-state index contributed by atoms with van der Waals surface area (Å²) in [4.78, 5) is 12.3. The Morgan fingerprint density at radius 3 is 2.63 bits per heavy atom. The lowest BCUT2D eigenvalue weighted by Gasteiger charge is -2.07. The van der Waals surface area contributed by atoms with Crippen LogP contribution in [-0.2, 0) is 0 Å². The Labute approximate surface area is 132 Å². The lowest BCUT2D eigenvalue weighted by atomic mass is 10.0. The lowest BCUT2D eigenvalue weighted by Crippen LogP contribution is -2.04. The van der Waals surface area contributed by atoms with Crippen LogP contribution >= 0.6 is 38.5 Å². The largest absolute Gasteiger partial charge is 0.494 e. The Bertz CT molecular complexity index is 643. The van der Waals surface area contributed by atoms with E-state index in [1.165, 1.54) is 19.2 Å². The summed E-state index contributed by atoms with van der Waals surface area (Å²) in [6.07, 6.45) is 0. The van der Waals surface area contributed by atoms with Gasteiger partial charge in [0.1, 0.15) is 0 Å². The minimum Gasteiger partial charge on any atom is -0.494 e. The molecule has 0 heterocycles. The quantitative estimate of drug-likeness (QED) is 0.527. The van der Waals surface area contributed by atoms with Crippen LogP contribution in [0.2, 0.25) is 0 Å². The first-order valence-electron chi connectivity index (χ1n) is 5.36. The van der Waals surface area contributed by atoms with Gasteiger partial charge in [0.15, 0.2) is 17.3 Å². The van der Waals surface area contributed by atoms with E-state index in [0.29, 0.717) is 11.1 Å². The summed E-state index contributed by atoms with van der Waals surface area (Å²) in [7, 11) is 1.39. The van der Waals surface area contributed by atoms with Crippen molar-refractivity contribution < 1.29 is 13.9 Å². The Morgan fingerprint density at radius 1 is 1.26 bits per heavy atom. The predicted octanol–water partition coefficient (Wildman–Crippen LogP) is 4.43. The Kier molecular flexibility index (Phi) is 4.57. The average Bonchev–Trinajstić information content (AvgIpc) is 2.40. The molecule has 2 nitrogen and oxygen atoms in total. The lowest BCUT2D eigenvalue weighted by molar-refractivity contribution is 0.103. The summed E-state index contributed by atoms with van der Waals surface area (Å²) >= 11 is 5.41. The first-order valence-corrected chi connectivity index (χ1v) is 7.23. The van der Waals surface area contributed by atoms with E-state index >= 15 is 0 Å². The number of methoxy groups -OCH3 is 1. The molecular weight excluding hydrogens is 426 g/mol. The molecule has 98 valence electrons. The van der Waals surface area contributed by atoms with Gasteiger partial charge in [0.25, 0.3) is 0 Å². The van der Waals surface area contributed by atoms with Crippen LogP contribution in [0.3, 0.4) is 0 Å². The number of ether oxygens (including phenoxy) is 1. The van der Waals surface area contributed by atoms with Crippen molar-refractivity contribution in [3.63, 3.8) is 0 Å². The molecule has 0 spiro atoms. The zero-order valence-corrected chi connectivity index (χ0v) is 13.7. The average molecular weight is 435 g/mol. The van der Waals surface area contributed by atoms with Gasteiger partial charge >= 0.3 is 0 Å². The highest BCUT2D eigenvalue weighted by Crippen LogP contribution is 2.24. The van der Waals surface area contributed by atoms with E-state index in [0.717, 1.165) is 8.04 Å². The Hall–Kier alpha value is -0.950. The molecule has 5 heteroatoms. The van der Waals surface area contributed by atoms with E-state index in [4.69, 9.17) is 4.74 Å². The molecule has 0 unspecified atom stereocenters. The molecule has 0 aliphatic carbocycles. The molecule has 0 bridgehead atoms. The second kappa shape index (κ2) is 6.00. The normalized spacial score (nSPS) is 10.3. The van der Waals surface area contributed by atoms with E-state index in [9.17, 15) is 9.18 Å². The van der Waals surface area contributed by atoms with Gasteiger partial charge in [0.2, 0.25) is 0 Å². The maximum atomic E-state index is 13.6. The topological polar surface area (TPSA) is 26.3 Å². The van der Waals surface area contributed by atoms with Gasteiger partial charge in [-0.1, -0.05) is 15.9 Å². The third-order valence-electron chi connectivity index (χ3n) is 2.59. The van der Waals surface area contributed by atoms with Gasteiger partial charge in [0, 0.05) is 19.2 Å². The van der Waals surface area contributed by atoms with Crippen molar-refractivity contribution in [2.45, 2.75) is 0 Å². The Balaban J connectivity index is 2.44. The van der Waals surface area contributed by atoms with Crippen molar-refractivity contribution in [1.29, 1.82) is 0 Å². The van der Waals surface area contributed by atoms with Gasteiger partial charge in [-0.15, -0.1) is 0 Å². The van der Waals surface area contributed by atoms with Crippen LogP contribution in [0.4, 0.5) is 4.39 Å². The van der Waals surface area contributed by atoms with Crippen LogP contribution < -0.4 is 4.74 Å². The number of halogens is 3. The van der Waals surface area contributed by atoms with Gasteiger partial charge < -0.3 is 4.74 Å². The molecule has 0 saturated heterocycles. The zero-order valence-electron chi connectivity index (χ0n) is 9.91. The van der Waals surface area contributed by atoms with Crippen molar-refractivity contribution in [3.05, 3.63) is 61.4 Å². The second-order valence-corrected chi connectivity index (χ2v) is 5.88. The number of ketones is 1. The first kappa shape index (κ1) is 14.5. The third kappa shape index (κ3) is 3.14. The van der Waals surface area contributed by atoms with Gasteiger partial charge in [-0.2, -0.15) is 0 Å². The summed E-state index contributed by atoms with van der Waals surface area (Å²) in [6, 6.07) is 9.62. The molecule has 19 heavy (non-hydrogen) atoms. The summed E-state index contributed by atoms with van der Waals surface area (Å²) in [6.45, 7) is 0. The standard InChI is InChI=1S/C14H9BrFIO2/c1-19-13-5-2-8(6-11(13)16)14(18)10-7-9(15)3-4-12(10)17/h2-7H,1H3. The fraction of sp³-hybridized carbons (Fsp3) is 0.0714. The summed E-state index contributed by atoms with van der Waals surface area (Å²) in [5.74, 6) is -0.633. The maximum Gasteiger partial charge on any atom is 0.194 e. The predicted molar refractivity (Wildman–Crippen MR) is 83.2 cm³/mol. The fourth-order valence-corrected chi connectivity index (χ4v) is 2.58. The number of rotatable bonds is 3. The van der Waals surface area contributed by atoms with Crippen LogP contribution in [0.1, 0.15) is 15.9 Å². The molecule has 2 aromatic rings. The van der Waals surface area contributed by atoms with Gasteiger partial charge in [-0.3, -0.25) is 4.79 Å². The molecule has 0 radical (unpaired) electrons. The fourth-order valence-electron chi connectivity index (χ4n) is 1.63. The molecule has 0 saturated carbocycles. The second-order valence-electron chi connectivity index (χ2n) is 3.80. The SMILES string of the molecule is COc1ccc(C(=O)c2cc(Br)ccc2I)cc1F. The van der Waals surface area contributed by atoms with Crippen molar-refractivity contribution in [1.82, 2.24) is 0 Å². The molecule has 0 aromatic heterocycles. The molecular formula is C14H9BrFIO2. The van der Waals surface area contributed by atoms with Crippen LogP contribution in [0, 0.1) is 9.39 Å². The summed E-state index contributed by atoms with van der Waals surface area (Å²) in [5, 5.41) is 0. The summed E-state index contributed by atoms with van der Waals surface area (Å²) in [5.41, 5.74) is 0.842. The zero-order chi connectivity index (χ0) is 14.0. The van der Waals surface area contributed by atoms with E-state index < -0.39 is 5.82 Å². The molecule has 2 rings (SSSR count). The highest BCUT2D eigenvalue weighted by atomic mass is 127. The molecule has 0 fully saturated rings. The smallest absolute Gasteiger partial charge is 0.194 e. The van der Waals surface area contributed by atoms with Crippen molar-refractivity contribution >= 4 is 44.3 Å². The number of benzene rings is 2. The third-order valence-corrected chi connectivity index (χ3v) is 4.02. The van der Waals surface area contributed by atoms with Gasteiger partial charge in [-0.25, -0.2) is 4.39 Å². The molecule has 0 N–H and O–H groups in total. The van der Waals surface area contributed by atoms with E-state index in [2.05, 4.69) is 38.5 Å². The van der Waals surface area contributed by atoms with E-state index in [-0.39, 0.29) is 11.5 Å². The number of carbonyl (C=O) groups is 1. The van der Waals surface area contributed by atoms with Crippen LogP contribution in [-0.4, -0.2) is 12.9 Å². The van der Waals surface area contributed by atoms with Gasteiger partial charge in [-0.05, 0) is 59.0 Å². The van der Waals surface area contributed by atoms with Crippen molar-refractivity contribution in [3.8, 4) is 5.75 Å². The highest BCUT2D eigenvalue weighted by Gasteiger charge is 2.15. The molecule has 0 aliphatic rings. The minimum absolute atomic E-state index is 0.125. The molecule has 0 amide bonds. The highest BCUT2D eigenvalue weighted by molar-refractivity contribution is 14.1. The van der Waals surface area contributed by atoms with Crippen molar-refractivity contribution in [2.24, 2.45) is 0 Å². The number of carbonyl (C=O) groups excluding carboxylic acids is 1. The Morgan fingerprint density at radius 2 is 2.00 bits per heavy atom.